The summed E-state index contributed by atoms with van der Waals surface area (Å²) in [5, 5.41) is 13.5. The largest absolute Gasteiger partial charge is 0.492 e. The van der Waals surface area contributed by atoms with Crippen molar-refractivity contribution in [2.24, 2.45) is 5.41 Å². The number of carbonyl (C=O) groups is 1. The van der Waals surface area contributed by atoms with E-state index in [2.05, 4.69) is 10.0 Å². The van der Waals surface area contributed by atoms with Crippen molar-refractivity contribution in [2.75, 3.05) is 46.4 Å². The molecule has 3 N–H and O–H groups in total. The van der Waals surface area contributed by atoms with E-state index in [0.29, 0.717) is 44.5 Å². The molecule has 3 aliphatic rings. The Morgan fingerprint density at radius 2 is 1.92 bits per heavy atom. The minimum absolute atomic E-state index is 0.0542. The first-order valence-corrected chi connectivity index (χ1v) is 14.7. The van der Waals surface area contributed by atoms with Crippen molar-refractivity contribution in [2.45, 2.75) is 75.3 Å². The molecular weight excluding hydrogens is 480 g/mol. The fourth-order valence-corrected chi connectivity index (χ4v) is 7.02. The monoisotopic (exact) mass is 522 g/mol. The zero-order valence-corrected chi connectivity index (χ0v) is 22.6. The molecule has 10 heteroatoms. The number of aliphatic hydroxyl groups is 1. The SMILES string of the molecule is CC(C)NC(=O)N1CCC2(CC1)COc1cc(C3CCCC3)ccc1S(=O)(=O)NCC(O)CN(C)C2. The van der Waals surface area contributed by atoms with Crippen molar-refractivity contribution < 1.29 is 23.1 Å². The number of likely N-dealkylation sites (N-methyl/N-ethyl adjacent to an activating group) is 1. The molecule has 1 saturated carbocycles. The van der Waals surface area contributed by atoms with Gasteiger partial charge >= 0.3 is 6.03 Å². The molecule has 1 aromatic rings. The number of sulfonamides is 1. The quantitative estimate of drug-likeness (QED) is 0.551. The summed E-state index contributed by atoms with van der Waals surface area (Å²) in [7, 11) is -1.91. The minimum atomic E-state index is -3.85. The highest BCUT2D eigenvalue weighted by Crippen LogP contribution is 2.39. The van der Waals surface area contributed by atoms with Gasteiger partial charge in [-0.3, -0.25) is 0 Å². The molecule has 2 fully saturated rings. The summed E-state index contributed by atoms with van der Waals surface area (Å²) < 4.78 is 35.3. The third-order valence-electron chi connectivity index (χ3n) is 7.78. The number of β-amino-alcohol motifs (C(OH)–C–C–N with tert-alkyl or cyclic N) is 1. The van der Waals surface area contributed by atoms with Crippen molar-refractivity contribution in [3.63, 3.8) is 0 Å². The molecule has 1 saturated heterocycles. The number of likely N-dealkylation sites (tertiary alicyclic amines) is 1. The van der Waals surface area contributed by atoms with Gasteiger partial charge in [0.1, 0.15) is 10.6 Å². The number of aliphatic hydroxyl groups excluding tert-OH is 1. The van der Waals surface area contributed by atoms with Crippen LogP contribution in [0.5, 0.6) is 5.75 Å². The Labute approximate surface area is 215 Å². The molecule has 9 nitrogen and oxygen atoms in total. The third-order valence-corrected chi connectivity index (χ3v) is 9.24. The number of urea groups is 1. The van der Waals surface area contributed by atoms with Crippen molar-refractivity contribution >= 4 is 16.1 Å². The van der Waals surface area contributed by atoms with Crippen LogP contribution in [0.3, 0.4) is 0 Å². The number of carbonyl (C=O) groups excluding carboxylic acids is 1. The van der Waals surface area contributed by atoms with E-state index in [9.17, 15) is 18.3 Å². The Balaban J connectivity index is 1.61. The molecule has 0 bridgehead atoms. The number of benzene rings is 1. The van der Waals surface area contributed by atoms with E-state index in [1.165, 1.54) is 12.8 Å². The number of ether oxygens (including phenoxy) is 1. The highest BCUT2D eigenvalue weighted by molar-refractivity contribution is 7.89. The summed E-state index contributed by atoms with van der Waals surface area (Å²) in [5.41, 5.74) is 0.861. The summed E-state index contributed by atoms with van der Waals surface area (Å²) in [4.78, 5) is 16.6. The molecular formula is C26H42N4O5S. The van der Waals surface area contributed by atoms with Gasteiger partial charge in [-0.2, -0.15) is 0 Å². The van der Waals surface area contributed by atoms with Crippen LogP contribution in [-0.4, -0.2) is 87.9 Å². The van der Waals surface area contributed by atoms with Gasteiger partial charge in [0.05, 0.1) is 12.7 Å². The second-order valence-corrected chi connectivity index (χ2v) is 13.0. The van der Waals surface area contributed by atoms with Gasteiger partial charge in [-0.1, -0.05) is 18.9 Å². The zero-order valence-electron chi connectivity index (χ0n) is 21.8. The Bertz CT molecular complexity index is 1020. The molecule has 0 radical (unpaired) electrons. The molecule has 2 heterocycles. The number of hydrogen-bond acceptors (Lipinski definition) is 6. The first kappa shape index (κ1) is 27.2. The second-order valence-electron chi connectivity index (χ2n) is 11.3. The summed E-state index contributed by atoms with van der Waals surface area (Å²) in [6.45, 7) is 6.43. The predicted octanol–water partition coefficient (Wildman–Crippen LogP) is 2.51. The van der Waals surface area contributed by atoms with Crippen molar-refractivity contribution in [3.05, 3.63) is 23.8 Å². The maximum atomic E-state index is 13.2. The zero-order chi connectivity index (χ0) is 25.9. The molecule has 2 aliphatic heterocycles. The number of nitrogens with one attached hydrogen (secondary N) is 2. The molecule has 4 rings (SSSR count). The molecule has 1 aromatic carbocycles. The van der Waals surface area contributed by atoms with E-state index in [0.717, 1.165) is 31.2 Å². The average Bonchev–Trinajstić information content (AvgIpc) is 3.36. The Kier molecular flexibility index (Phi) is 8.49. The van der Waals surface area contributed by atoms with Crippen LogP contribution in [0.25, 0.3) is 0 Å². The van der Waals surface area contributed by atoms with Gasteiger partial charge < -0.3 is 25.0 Å². The lowest BCUT2D eigenvalue weighted by atomic mass is 9.78. The molecule has 202 valence electrons. The third kappa shape index (κ3) is 6.51. The Hall–Kier alpha value is -1.88. The normalized spacial score (nSPS) is 25.6. The average molecular weight is 523 g/mol. The van der Waals surface area contributed by atoms with Gasteiger partial charge in [-0.25, -0.2) is 17.9 Å². The number of amides is 2. The van der Waals surface area contributed by atoms with Gasteiger partial charge in [0.15, 0.2) is 0 Å². The van der Waals surface area contributed by atoms with Crippen LogP contribution < -0.4 is 14.8 Å². The highest BCUT2D eigenvalue weighted by atomic mass is 32.2. The standard InChI is InChI=1S/C26H42N4O5S/c1-19(2)28-25(32)30-12-10-26(11-13-30)17-29(3)16-22(31)15-27-36(33,34)24-9-8-21(14-23(24)35-18-26)20-6-4-5-7-20/h8-9,14,19-20,22,27,31H,4-7,10-13,15-18H2,1-3H3,(H,28,32). The Morgan fingerprint density at radius 3 is 2.58 bits per heavy atom. The molecule has 36 heavy (non-hydrogen) atoms. The number of piperidine rings is 1. The summed E-state index contributed by atoms with van der Waals surface area (Å²) in [6.07, 6.45) is 5.24. The van der Waals surface area contributed by atoms with Gasteiger partial charge in [0, 0.05) is 44.2 Å². The molecule has 2 amide bonds. The fourth-order valence-electron chi connectivity index (χ4n) is 5.82. The van der Waals surface area contributed by atoms with Crippen molar-refractivity contribution in [3.8, 4) is 5.75 Å². The predicted molar refractivity (Wildman–Crippen MR) is 139 cm³/mol. The highest BCUT2D eigenvalue weighted by Gasteiger charge is 2.39. The summed E-state index contributed by atoms with van der Waals surface area (Å²) >= 11 is 0. The number of fused-ring (bicyclic) bond motifs is 1. The van der Waals surface area contributed by atoms with Crippen LogP contribution in [0.2, 0.25) is 0 Å². The van der Waals surface area contributed by atoms with Crippen molar-refractivity contribution in [1.82, 2.24) is 19.8 Å². The molecule has 0 aromatic heterocycles. The molecule has 1 atom stereocenters. The number of nitrogens with zero attached hydrogens (tertiary/aromatic N) is 2. The first-order valence-electron chi connectivity index (χ1n) is 13.3. The van der Waals surface area contributed by atoms with Crippen molar-refractivity contribution in [1.29, 1.82) is 0 Å². The lowest BCUT2D eigenvalue weighted by molar-refractivity contribution is 0.0241. The van der Waals surface area contributed by atoms with Crippen LogP contribution in [0, 0.1) is 5.41 Å². The van der Waals surface area contributed by atoms with E-state index >= 15 is 0 Å². The maximum absolute atomic E-state index is 13.2. The van der Waals surface area contributed by atoms with Gasteiger partial charge in [-0.15, -0.1) is 0 Å². The van der Waals surface area contributed by atoms with E-state index in [4.69, 9.17) is 4.74 Å². The second kappa shape index (κ2) is 11.2. The van der Waals surface area contributed by atoms with Crippen LogP contribution >= 0.6 is 0 Å². The minimum Gasteiger partial charge on any atom is -0.492 e. The van der Waals surface area contributed by atoms with Gasteiger partial charge in [0.2, 0.25) is 10.0 Å². The van der Waals surface area contributed by atoms with Crippen LogP contribution in [0.15, 0.2) is 23.1 Å². The van der Waals surface area contributed by atoms with E-state index in [-0.39, 0.29) is 28.9 Å². The molecule has 1 spiro atoms. The molecule has 1 aliphatic carbocycles. The number of rotatable bonds is 2. The lowest BCUT2D eigenvalue weighted by Crippen LogP contribution is -2.53. The Morgan fingerprint density at radius 1 is 1.22 bits per heavy atom. The number of hydrogen-bond donors (Lipinski definition) is 3. The lowest BCUT2D eigenvalue weighted by Gasteiger charge is -2.44. The van der Waals surface area contributed by atoms with E-state index < -0.39 is 16.1 Å². The van der Waals surface area contributed by atoms with Gasteiger partial charge in [0.25, 0.3) is 0 Å². The fraction of sp³-hybridized carbons (Fsp3) is 0.731. The van der Waals surface area contributed by atoms with Crippen LogP contribution in [0.1, 0.15) is 63.9 Å². The van der Waals surface area contributed by atoms with Gasteiger partial charge in [-0.05, 0) is 70.2 Å². The van der Waals surface area contributed by atoms with Crippen LogP contribution in [0.4, 0.5) is 4.79 Å². The molecule has 1 unspecified atom stereocenters. The topological polar surface area (TPSA) is 111 Å². The summed E-state index contributed by atoms with van der Waals surface area (Å²) in [6, 6.07) is 5.50. The maximum Gasteiger partial charge on any atom is 0.317 e. The first-order chi connectivity index (χ1) is 17.1. The van der Waals surface area contributed by atoms with E-state index in [1.807, 2.05) is 42.8 Å². The van der Waals surface area contributed by atoms with E-state index in [1.54, 1.807) is 6.07 Å². The van der Waals surface area contributed by atoms with Crippen LogP contribution in [-0.2, 0) is 10.0 Å². The smallest absolute Gasteiger partial charge is 0.317 e. The summed E-state index contributed by atoms with van der Waals surface area (Å²) in [5.74, 6) is 0.810.